The van der Waals surface area contributed by atoms with Gasteiger partial charge in [-0.3, -0.25) is 4.79 Å². The van der Waals surface area contributed by atoms with Gasteiger partial charge in [-0.05, 0) is 20.8 Å². The van der Waals surface area contributed by atoms with Crippen LogP contribution in [0.3, 0.4) is 0 Å². The second kappa shape index (κ2) is 3.38. The predicted octanol–water partition coefficient (Wildman–Crippen LogP) is -0.448. The Labute approximate surface area is 81.7 Å². The third-order valence-electron chi connectivity index (χ3n) is 1.95. The van der Waals surface area contributed by atoms with E-state index < -0.39 is 17.6 Å². The van der Waals surface area contributed by atoms with Gasteiger partial charge in [-0.2, -0.15) is 0 Å². The molecule has 1 heterocycles. The SMILES string of the molecule is CC(C(N)=O)n1cc(C(C)(C)O)nn1. The highest BCUT2D eigenvalue weighted by molar-refractivity contribution is 5.77. The minimum Gasteiger partial charge on any atom is -0.384 e. The number of rotatable bonds is 3. The molecule has 6 nitrogen and oxygen atoms in total. The number of carbonyl (C=O) groups excluding carboxylic acids is 1. The molecule has 0 saturated heterocycles. The molecule has 14 heavy (non-hydrogen) atoms. The number of carbonyl (C=O) groups is 1. The number of amides is 1. The van der Waals surface area contributed by atoms with Crippen LogP contribution in [-0.4, -0.2) is 26.0 Å². The van der Waals surface area contributed by atoms with Gasteiger partial charge in [0.15, 0.2) is 0 Å². The summed E-state index contributed by atoms with van der Waals surface area (Å²) in [4.78, 5) is 10.8. The zero-order valence-corrected chi connectivity index (χ0v) is 8.43. The third-order valence-corrected chi connectivity index (χ3v) is 1.95. The molecule has 0 fully saturated rings. The molecule has 0 aliphatic rings. The maximum Gasteiger partial charge on any atom is 0.242 e. The standard InChI is InChI=1S/C8H14N4O2/c1-5(7(9)13)12-4-6(10-11-12)8(2,3)14/h4-5,14H,1-3H3,(H2,9,13). The summed E-state index contributed by atoms with van der Waals surface area (Å²) < 4.78 is 1.33. The highest BCUT2D eigenvalue weighted by atomic mass is 16.3. The molecule has 0 saturated carbocycles. The van der Waals surface area contributed by atoms with E-state index in [1.165, 1.54) is 10.9 Å². The summed E-state index contributed by atoms with van der Waals surface area (Å²) in [5, 5.41) is 17.0. The zero-order valence-electron chi connectivity index (χ0n) is 8.43. The van der Waals surface area contributed by atoms with Crippen molar-refractivity contribution < 1.29 is 9.90 Å². The number of aliphatic hydroxyl groups is 1. The van der Waals surface area contributed by atoms with Gasteiger partial charge in [0.1, 0.15) is 17.3 Å². The molecule has 1 aromatic heterocycles. The van der Waals surface area contributed by atoms with Gasteiger partial charge in [-0.25, -0.2) is 4.68 Å². The van der Waals surface area contributed by atoms with E-state index in [9.17, 15) is 9.90 Å². The van der Waals surface area contributed by atoms with Gasteiger partial charge < -0.3 is 10.8 Å². The molecule has 0 radical (unpaired) electrons. The van der Waals surface area contributed by atoms with Crippen molar-refractivity contribution in [2.45, 2.75) is 32.4 Å². The molecule has 1 unspecified atom stereocenters. The molecule has 3 N–H and O–H groups in total. The largest absolute Gasteiger partial charge is 0.384 e. The van der Waals surface area contributed by atoms with E-state index in [4.69, 9.17) is 5.73 Å². The smallest absolute Gasteiger partial charge is 0.242 e. The molecular formula is C8H14N4O2. The Balaban J connectivity index is 2.94. The number of hydrogen-bond donors (Lipinski definition) is 2. The monoisotopic (exact) mass is 198 g/mol. The van der Waals surface area contributed by atoms with Gasteiger partial charge >= 0.3 is 0 Å². The van der Waals surface area contributed by atoms with Gasteiger partial charge in [0, 0.05) is 0 Å². The first-order chi connectivity index (χ1) is 6.32. The van der Waals surface area contributed by atoms with Crippen LogP contribution >= 0.6 is 0 Å². The molecule has 78 valence electrons. The van der Waals surface area contributed by atoms with Crippen LogP contribution in [0.4, 0.5) is 0 Å². The Morgan fingerprint density at radius 1 is 1.71 bits per heavy atom. The van der Waals surface area contributed by atoms with Crippen molar-refractivity contribution in [1.29, 1.82) is 0 Å². The Bertz CT molecular complexity index is 339. The molecule has 0 aromatic carbocycles. The Kier molecular flexibility index (Phi) is 2.57. The number of aromatic nitrogens is 3. The fourth-order valence-corrected chi connectivity index (χ4v) is 0.877. The summed E-state index contributed by atoms with van der Waals surface area (Å²) in [5.74, 6) is -0.489. The Hall–Kier alpha value is -1.43. The first kappa shape index (κ1) is 10.6. The fourth-order valence-electron chi connectivity index (χ4n) is 0.877. The number of primary amides is 1. The molecule has 1 rings (SSSR count). The molecule has 0 aliphatic heterocycles. The van der Waals surface area contributed by atoms with E-state index >= 15 is 0 Å². The molecular weight excluding hydrogens is 184 g/mol. The summed E-state index contributed by atoms with van der Waals surface area (Å²) in [6.45, 7) is 4.80. The van der Waals surface area contributed by atoms with Crippen molar-refractivity contribution in [3.05, 3.63) is 11.9 Å². The van der Waals surface area contributed by atoms with Crippen molar-refractivity contribution >= 4 is 5.91 Å². The van der Waals surface area contributed by atoms with Crippen LogP contribution in [0.1, 0.15) is 32.5 Å². The first-order valence-electron chi connectivity index (χ1n) is 4.26. The van der Waals surface area contributed by atoms with Crippen LogP contribution in [0.15, 0.2) is 6.20 Å². The lowest BCUT2D eigenvalue weighted by atomic mass is 10.1. The number of hydrogen-bond acceptors (Lipinski definition) is 4. The molecule has 1 aromatic rings. The van der Waals surface area contributed by atoms with E-state index in [0.29, 0.717) is 5.69 Å². The van der Waals surface area contributed by atoms with Crippen molar-refractivity contribution in [2.75, 3.05) is 0 Å². The topological polar surface area (TPSA) is 94.0 Å². The summed E-state index contributed by atoms with van der Waals surface area (Å²) in [6, 6.07) is -0.557. The summed E-state index contributed by atoms with van der Waals surface area (Å²) >= 11 is 0. The number of nitrogens with two attached hydrogens (primary N) is 1. The average molecular weight is 198 g/mol. The quantitative estimate of drug-likeness (QED) is 0.687. The minimum atomic E-state index is -1.06. The second-order valence-electron chi connectivity index (χ2n) is 3.72. The maximum absolute atomic E-state index is 10.8. The van der Waals surface area contributed by atoms with Crippen LogP contribution in [0, 0.1) is 0 Å². The van der Waals surface area contributed by atoms with Gasteiger partial charge in [-0.1, -0.05) is 5.21 Å². The Morgan fingerprint density at radius 3 is 2.64 bits per heavy atom. The lowest BCUT2D eigenvalue weighted by Crippen LogP contribution is -2.24. The molecule has 1 atom stereocenters. The predicted molar refractivity (Wildman–Crippen MR) is 49.2 cm³/mol. The highest BCUT2D eigenvalue weighted by Gasteiger charge is 2.22. The normalized spacial score (nSPS) is 14.0. The molecule has 1 amide bonds. The summed E-state index contributed by atoms with van der Waals surface area (Å²) in [6.07, 6.45) is 1.51. The van der Waals surface area contributed by atoms with Crippen LogP contribution in [0.25, 0.3) is 0 Å². The van der Waals surface area contributed by atoms with E-state index in [1.54, 1.807) is 20.8 Å². The highest BCUT2D eigenvalue weighted by Crippen LogP contribution is 2.17. The Morgan fingerprint density at radius 2 is 2.29 bits per heavy atom. The van der Waals surface area contributed by atoms with E-state index in [-0.39, 0.29) is 0 Å². The molecule has 6 heteroatoms. The summed E-state index contributed by atoms with van der Waals surface area (Å²) in [5.41, 5.74) is 4.44. The summed E-state index contributed by atoms with van der Waals surface area (Å²) in [7, 11) is 0. The van der Waals surface area contributed by atoms with Crippen LogP contribution in [0.5, 0.6) is 0 Å². The maximum atomic E-state index is 10.8. The van der Waals surface area contributed by atoms with Crippen molar-refractivity contribution in [2.24, 2.45) is 5.73 Å². The van der Waals surface area contributed by atoms with Gasteiger partial charge in [0.25, 0.3) is 0 Å². The van der Waals surface area contributed by atoms with Crippen molar-refractivity contribution in [1.82, 2.24) is 15.0 Å². The lowest BCUT2D eigenvalue weighted by Gasteiger charge is -2.12. The van der Waals surface area contributed by atoms with Crippen LogP contribution in [0.2, 0.25) is 0 Å². The lowest BCUT2D eigenvalue weighted by molar-refractivity contribution is -0.120. The fraction of sp³-hybridized carbons (Fsp3) is 0.625. The minimum absolute atomic E-state index is 0.408. The van der Waals surface area contributed by atoms with E-state index in [0.717, 1.165) is 0 Å². The van der Waals surface area contributed by atoms with Crippen molar-refractivity contribution in [3.8, 4) is 0 Å². The van der Waals surface area contributed by atoms with Crippen LogP contribution < -0.4 is 5.73 Å². The molecule has 0 aliphatic carbocycles. The second-order valence-corrected chi connectivity index (χ2v) is 3.72. The zero-order chi connectivity index (χ0) is 10.9. The first-order valence-corrected chi connectivity index (χ1v) is 4.26. The van der Waals surface area contributed by atoms with Gasteiger partial charge in [0.2, 0.25) is 5.91 Å². The van der Waals surface area contributed by atoms with Gasteiger partial charge in [0.05, 0.1) is 6.20 Å². The van der Waals surface area contributed by atoms with Crippen molar-refractivity contribution in [3.63, 3.8) is 0 Å². The molecule has 0 spiro atoms. The van der Waals surface area contributed by atoms with Crippen LogP contribution in [-0.2, 0) is 10.4 Å². The number of nitrogens with zero attached hydrogens (tertiary/aromatic N) is 3. The van der Waals surface area contributed by atoms with E-state index in [1.807, 2.05) is 0 Å². The molecule has 0 bridgehead atoms. The van der Waals surface area contributed by atoms with E-state index in [2.05, 4.69) is 10.3 Å². The average Bonchev–Trinajstić information content (AvgIpc) is 2.49. The van der Waals surface area contributed by atoms with Gasteiger partial charge in [-0.15, -0.1) is 5.10 Å². The third kappa shape index (κ3) is 2.08.